The molecule has 0 amide bonds. The molecule has 8 heteroatoms. The third kappa shape index (κ3) is 1.72. The second-order valence-electron chi connectivity index (χ2n) is 6.33. The fourth-order valence-electron chi connectivity index (χ4n) is 3.65. The van der Waals surface area contributed by atoms with Crippen molar-refractivity contribution in [1.82, 2.24) is 8.61 Å². The van der Waals surface area contributed by atoms with Gasteiger partial charge in [0.2, 0.25) is 20.0 Å². The van der Waals surface area contributed by atoms with Crippen molar-refractivity contribution < 1.29 is 16.8 Å². The van der Waals surface area contributed by atoms with E-state index in [1.165, 1.54) is 8.61 Å². The first-order valence-electron chi connectivity index (χ1n) is 7.38. The van der Waals surface area contributed by atoms with Gasteiger partial charge in [-0.25, -0.2) is 16.8 Å². The van der Waals surface area contributed by atoms with E-state index in [0.29, 0.717) is 17.9 Å². The molecule has 0 radical (unpaired) electrons. The highest BCUT2D eigenvalue weighted by molar-refractivity contribution is 7.90. The third-order valence-corrected chi connectivity index (χ3v) is 9.48. The van der Waals surface area contributed by atoms with Crippen LogP contribution in [-0.2, 0) is 25.6 Å². The summed E-state index contributed by atoms with van der Waals surface area (Å²) in [6.45, 7) is 0.603. The summed E-state index contributed by atoms with van der Waals surface area (Å²) in [5.74, 6) is 0. The van der Waals surface area contributed by atoms with Gasteiger partial charge in [-0.1, -0.05) is 18.2 Å². The first-order valence-corrected chi connectivity index (χ1v) is 10.3. The molecule has 22 heavy (non-hydrogen) atoms. The molecule has 120 valence electrons. The lowest BCUT2D eigenvalue weighted by atomic mass is 9.89. The molecule has 2 fully saturated rings. The van der Waals surface area contributed by atoms with Crippen molar-refractivity contribution >= 4 is 20.0 Å². The monoisotopic (exact) mass is 342 g/mol. The third-order valence-electron chi connectivity index (χ3n) is 5.15. The number of hydrogen-bond donors (Lipinski definition) is 0. The summed E-state index contributed by atoms with van der Waals surface area (Å²) < 4.78 is 53.0. The smallest absolute Gasteiger partial charge is 0.212 e. The van der Waals surface area contributed by atoms with E-state index in [-0.39, 0.29) is 11.8 Å². The molecule has 4 rings (SSSR count). The molecule has 0 aromatic heterocycles. The van der Waals surface area contributed by atoms with Gasteiger partial charge in [-0.15, -0.1) is 0 Å². The molecular formula is C14H18N2O4S2. The van der Waals surface area contributed by atoms with Crippen molar-refractivity contribution in [3.8, 4) is 0 Å². The van der Waals surface area contributed by atoms with Crippen LogP contribution in [0.4, 0.5) is 0 Å². The highest BCUT2D eigenvalue weighted by atomic mass is 32.2. The van der Waals surface area contributed by atoms with E-state index in [2.05, 4.69) is 0 Å². The van der Waals surface area contributed by atoms with Crippen molar-refractivity contribution in [3.63, 3.8) is 0 Å². The van der Waals surface area contributed by atoms with Gasteiger partial charge in [-0.05, 0) is 30.9 Å². The maximum Gasteiger partial charge on any atom is 0.244 e. The van der Waals surface area contributed by atoms with Crippen molar-refractivity contribution in [3.05, 3.63) is 29.8 Å². The Morgan fingerprint density at radius 2 is 1.91 bits per heavy atom. The molecule has 0 unspecified atom stereocenters. The minimum absolute atomic E-state index is 0.221. The molecule has 0 N–H and O–H groups in total. The van der Waals surface area contributed by atoms with Crippen LogP contribution >= 0.6 is 0 Å². The van der Waals surface area contributed by atoms with Crippen LogP contribution in [0.5, 0.6) is 0 Å². The number of rotatable bonds is 2. The molecule has 1 saturated carbocycles. The number of hydrogen-bond acceptors (Lipinski definition) is 4. The fourth-order valence-corrected chi connectivity index (χ4v) is 7.34. The summed E-state index contributed by atoms with van der Waals surface area (Å²) in [5.41, 5.74) is -0.0248. The van der Waals surface area contributed by atoms with Gasteiger partial charge in [-0.2, -0.15) is 8.61 Å². The number of fused-ring (bicyclic) bond motifs is 2. The Morgan fingerprint density at radius 1 is 1.23 bits per heavy atom. The maximum atomic E-state index is 12.6. The average Bonchev–Trinajstić information content (AvgIpc) is 3.23. The Kier molecular flexibility index (Phi) is 2.87. The second-order valence-corrected chi connectivity index (χ2v) is 10.5. The maximum absolute atomic E-state index is 12.6. The van der Waals surface area contributed by atoms with E-state index in [1.54, 1.807) is 19.2 Å². The standard InChI is InChI=1S/C14H18N2O4S2/c1-15-14(12-4-2-3-5-13(12)22(15,19)20)8-9-16(10-14)21(17,18)11-6-7-11/h2-5,11H,6-10H2,1H3/t14-/m1/s1. The van der Waals surface area contributed by atoms with Crippen LogP contribution in [0.15, 0.2) is 29.2 Å². The Labute approximate surface area is 130 Å². The Bertz CT molecular complexity index is 845. The van der Waals surface area contributed by atoms with Crippen molar-refractivity contribution in [2.45, 2.75) is 34.9 Å². The molecule has 1 aliphatic carbocycles. The minimum Gasteiger partial charge on any atom is -0.212 e. The number of benzene rings is 1. The summed E-state index contributed by atoms with van der Waals surface area (Å²) in [5, 5.41) is -0.263. The average molecular weight is 342 g/mol. The van der Waals surface area contributed by atoms with Crippen molar-refractivity contribution in [1.29, 1.82) is 0 Å². The first-order chi connectivity index (χ1) is 10.3. The Hall–Kier alpha value is -0.960. The molecule has 0 bridgehead atoms. The highest BCUT2D eigenvalue weighted by Crippen LogP contribution is 2.49. The first kappa shape index (κ1) is 14.6. The normalized spacial score (nSPS) is 31.7. The van der Waals surface area contributed by atoms with Crippen LogP contribution in [-0.4, -0.2) is 50.8 Å². The van der Waals surface area contributed by atoms with Gasteiger partial charge in [0, 0.05) is 20.1 Å². The van der Waals surface area contributed by atoms with E-state index in [0.717, 1.165) is 18.4 Å². The van der Waals surface area contributed by atoms with Crippen LogP contribution in [0.3, 0.4) is 0 Å². The molecule has 1 saturated heterocycles. The number of sulfonamides is 2. The van der Waals surface area contributed by atoms with Crippen LogP contribution in [0.1, 0.15) is 24.8 Å². The molecule has 3 aliphatic rings. The summed E-state index contributed by atoms with van der Waals surface area (Å²) in [6, 6.07) is 6.93. The molecule has 1 atom stereocenters. The summed E-state index contributed by atoms with van der Waals surface area (Å²) >= 11 is 0. The summed E-state index contributed by atoms with van der Waals surface area (Å²) in [4.78, 5) is 0.308. The van der Waals surface area contributed by atoms with Gasteiger partial charge in [0.05, 0.1) is 15.7 Å². The van der Waals surface area contributed by atoms with E-state index >= 15 is 0 Å². The van der Waals surface area contributed by atoms with Crippen LogP contribution in [0.25, 0.3) is 0 Å². The zero-order valence-corrected chi connectivity index (χ0v) is 13.9. The summed E-state index contributed by atoms with van der Waals surface area (Å²) in [7, 11) is -5.26. The van der Waals surface area contributed by atoms with Crippen LogP contribution in [0.2, 0.25) is 0 Å². The highest BCUT2D eigenvalue weighted by Gasteiger charge is 2.57. The van der Waals surface area contributed by atoms with Gasteiger partial charge in [0.25, 0.3) is 0 Å². The second kappa shape index (κ2) is 4.31. The van der Waals surface area contributed by atoms with Crippen molar-refractivity contribution in [2.75, 3.05) is 20.1 Å². The zero-order chi connectivity index (χ0) is 15.8. The van der Waals surface area contributed by atoms with Gasteiger partial charge in [0.15, 0.2) is 0 Å². The van der Waals surface area contributed by atoms with Gasteiger partial charge < -0.3 is 0 Å². The molecule has 1 aromatic rings. The van der Waals surface area contributed by atoms with Gasteiger partial charge in [-0.3, -0.25) is 0 Å². The lowest BCUT2D eigenvalue weighted by molar-refractivity contribution is 0.245. The summed E-state index contributed by atoms with van der Waals surface area (Å²) in [6.07, 6.45) is 1.94. The van der Waals surface area contributed by atoms with Gasteiger partial charge in [0.1, 0.15) is 0 Å². The predicted molar refractivity (Wildman–Crippen MR) is 81.2 cm³/mol. The van der Waals surface area contributed by atoms with Crippen LogP contribution in [0, 0.1) is 0 Å². The molecular weight excluding hydrogens is 324 g/mol. The van der Waals surface area contributed by atoms with E-state index < -0.39 is 25.6 Å². The largest absolute Gasteiger partial charge is 0.244 e. The Balaban J connectivity index is 1.80. The number of likely N-dealkylation sites (N-methyl/N-ethyl adjacent to an activating group) is 1. The molecule has 2 heterocycles. The SMILES string of the molecule is CN1[C@@]2(CCN(S(=O)(=O)C3CC3)C2)c2ccccc2S1(=O)=O. The molecule has 1 aromatic carbocycles. The molecule has 2 aliphatic heterocycles. The van der Waals surface area contributed by atoms with E-state index in [4.69, 9.17) is 0 Å². The van der Waals surface area contributed by atoms with Gasteiger partial charge >= 0.3 is 0 Å². The topological polar surface area (TPSA) is 74.8 Å². The predicted octanol–water partition coefficient (Wildman–Crippen LogP) is 0.714. The van der Waals surface area contributed by atoms with Crippen molar-refractivity contribution in [2.24, 2.45) is 0 Å². The Morgan fingerprint density at radius 3 is 2.59 bits per heavy atom. The van der Waals surface area contributed by atoms with E-state index in [1.807, 2.05) is 12.1 Å². The lowest BCUT2D eigenvalue weighted by Gasteiger charge is -2.31. The minimum atomic E-state index is -3.54. The fraction of sp³-hybridized carbons (Fsp3) is 0.571. The van der Waals surface area contributed by atoms with Crippen LogP contribution < -0.4 is 0 Å². The molecule has 1 spiro atoms. The molecule has 6 nitrogen and oxygen atoms in total. The lowest BCUT2D eigenvalue weighted by Crippen LogP contribution is -2.44. The number of nitrogens with zero attached hydrogens (tertiary/aromatic N) is 2. The van der Waals surface area contributed by atoms with E-state index in [9.17, 15) is 16.8 Å². The zero-order valence-electron chi connectivity index (χ0n) is 12.3. The quantitative estimate of drug-likeness (QED) is 0.793.